The number of carbonyl (C=O) groups excluding carboxylic acids is 3. The highest BCUT2D eigenvalue weighted by molar-refractivity contribution is 5.91. The summed E-state index contributed by atoms with van der Waals surface area (Å²) in [6, 6.07) is 3.79. The molecule has 23 heavy (non-hydrogen) atoms. The van der Waals surface area contributed by atoms with Crippen LogP contribution < -0.4 is 16.4 Å². The van der Waals surface area contributed by atoms with Crippen molar-refractivity contribution in [3.8, 4) is 12.3 Å². The lowest BCUT2D eigenvalue weighted by Crippen LogP contribution is -2.53. The third-order valence-electron chi connectivity index (χ3n) is 3.06. The summed E-state index contributed by atoms with van der Waals surface area (Å²) >= 11 is 0. The Labute approximate surface area is 133 Å². The number of benzene rings is 1. The Balaban J connectivity index is 2.90. The molecule has 0 radical (unpaired) electrons. The van der Waals surface area contributed by atoms with E-state index in [1.54, 1.807) is 6.07 Å². The molecular weight excluding hydrogens is 301 g/mol. The summed E-state index contributed by atoms with van der Waals surface area (Å²) in [5.74, 6) is -0.181. The standard InChI is InChI=1S/C16H18FN3O3/c1-3-6-13(15(18)22)20-16(23)14(19-10(2)21)9-11-7-4-5-8-12(11)17/h1,4-5,7-8,13-14H,6,9H2,2H3,(H2,18,22)(H,19,21)(H,20,23)/t13-,14+/m0/s1. The quantitative estimate of drug-likeness (QED) is 0.610. The molecule has 1 aromatic rings. The van der Waals surface area contributed by atoms with Crippen molar-refractivity contribution < 1.29 is 18.8 Å². The molecule has 0 spiro atoms. The predicted molar refractivity (Wildman–Crippen MR) is 82.3 cm³/mol. The summed E-state index contributed by atoms with van der Waals surface area (Å²) in [6.07, 6.45) is 4.97. The molecule has 0 aliphatic heterocycles. The Morgan fingerprint density at radius 1 is 1.26 bits per heavy atom. The van der Waals surface area contributed by atoms with Crippen molar-refractivity contribution in [3.63, 3.8) is 0 Å². The van der Waals surface area contributed by atoms with E-state index in [1.165, 1.54) is 25.1 Å². The van der Waals surface area contributed by atoms with Gasteiger partial charge in [-0.05, 0) is 11.6 Å². The highest BCUT2D eigenvalue weighted by atomic mass is 19.1. The van der Waals surface area contributed by atoms with Crippen LogP contribution in [-0.2, 0) is 20.8 Å². The molecule has 122 valence electrons. The van der Waals surface area contributed by atoms with Crippen LogP contribution in [-0.4, -0.2) is 29.8 Å². The van der Waals surface area contributed by atoms with E-state index in [0.29, 0.717) is 0 Å². The number of rotatable bonds is 7. The first kappa shape index (κ1) is 18.2. The fourth-order valence-electron chi connectivity index (χ4n) is 1.95. The molecule has 0 heterocycles. The van der Waals surface area contributed by atoms with Gasteiger partial charge in [-0.3, -0.25) is 14.4 Å². The van der Waals surface area contributed by atoms with Gasteiger partial charge < -0.3 is 16.4 Å². The van der Waals surface area contributed by atoms with Gasteiger partial charge in [-0.1, -0.05) is 18.2 Å². The molecule has 4 N–H and O–H groups in total. The van der Waals surface area contributed by atoms with Crippen molar-refractivity contribution in [1.29, 1.82) is 0 Å². The molecule has 0 fully saturated rings. The van der Waals surface area contributed by atoms with Gasteiger partial charge in [0.25, 0.3) is 0 Å². The van der Waals surface area contributed by atoms with Gasteiger partial charge in [0.15, 0.2) is 0 Å². The smallest absolute Gasteiger partial charge is 0.243 e. The maximum absolute atomic E-state index is 13.7. The minimum Gasteiger partial charge on any atom is -0.368 e. The average molecular weight is 319 g/mol. The number of carbonyl (C=O) groups is 3. The van der Waals surface area contributed by atoms with Crippen LogP contribution in [0.5, 0.6) is 0 Å². The zero-order valence-electron chi connectivity index (χ0n) is 12.6. The molecule has 0 unspecified atom stereocenters. The predicted octanol–water partition coefficient (Wildman–Crippen LogP) is -0.134. The lowest BCUT2D eigenvalue weighted by atomic mass is 10.0. The van der Waals surface area contributed by atoms with Crippen molar-refractivity contribution in [1.82, 2.24) is 10.6 Å². The number of hydrogen-bond acceptors (Lipinski definition) is 3. The lowest BCUT2D eigenvalue weighted by molar-refractivity contribution is -0.130. The van der Waals surface area contributed by atoms with Gasteiger partial charge in [0.1, 0.15) is 17.9 Å². The monoisotopic (exact) mass is 319 g/mol. The average Bonchev–Trinajstić information content (AvgIpc) is 2.47. The fraction of sp³-hybridized carbons (Fsp3) is 0.312. The summed E-state index contributed by atoms with van der Waals surface area (Å²) in [5, 5.41) is 4.79. The van der Waals surface area contributed by atoms with E-state index in [1.807, 2.05) is 0 Å². The van der Waals surface area contributed by atoms with E-state index in [4.69, 9.17) is 12.2 Å². The number of hydrogen-bond donors (Lipinski definition) is 3. The molecule has 0 aliphatic carbocycles. The van der Waals surface area contributed by atoms with Crippen LogP contribution in [0, 0.1) is 18.2 Å². The van der Waals surface area contributed by atoms with Crippen LogP contribution in [0.4, 0.5) is 4.39 Å². The van der Waals surface area contributed by atoms with Crippen molar-refractivity contribution in [2.24, 2.45) is 5.73 Å². The molecular formula is C16H18FN3O3. The Morgan fingerprint density at radius 3 is 2.43 bits per heavy atom. The number of primary amides is 1. The number of nitrogens with one attached hydrogen (secondary N) is 2. The molecule has 3 amide bonds. The van der Waals surface area contributed by atoms with E-state index in [-0.39, 0.29) is 18.4 Å². The SMILES string of the molecule is C#CC[C@H](NC(=O)[C@@H](Cc1ccccc1F)NC(C)=O)C(N)=O. The van der Waals surface area contributed by atoms with E-state index in [0.717, 1.165) is 0 Å². The zero-order valence-corrected chi connectivity index (χ0v) is 12.6. The highest BCUT2D eigenvalue weighted by Crippen LogP contribution is 2.09. The summed E-state index contributed by atoms with van der Waals surface area (Å²) in [4.78, 5) is 34.8. The van der Waals surface area contributed by atoms with Crippen LogP contribution in [0.25, 0.3) is 0 Å². The first-order valence-electron chi connectivity index (χ1n) is 6.88. The van der Waals surface area contributed by atoms with Gasteiger partial charge in [0.05, 0.1) is 0 Å². The Morgan fingerprint density at radius 2 is 1.91 bits per heavy atom. The third-order valence-corrected chi connectivity index (χ3v) is 3.06. The summed E-state index contributed by atoms with van der Waals surface area (Å²) in [7, 11) is 0. The van der Waals surface area contributed by atoms with Gasteiger partial charge in [-0.15, -0.1) is 12.3 Å². The van der Waals surface area contributed by atoms with Gasteiger partial charge in [0.2, 0.25) is 17.7 Å². The minimum atomic E-state index is -1.05. The second-order valence-electron chi connectivity index (χ2n) is 4.92. The van der Waals surface area contributed by atoms with Crippen LogP contribution in [0.2, 0.25) is 0 Å². The molecule has 0 bridgehead atoms. The van der Waals surface area contributed by atoms with E-state index in [9.17, 15) is 18.8 Å². The molecule has 1 rings (SSSR count). The largest absolute Gasteiger partial charge is 0.368 e. The molecule has 0 saturated heterocycles. The molecule has 0 aliphatic rings. The van der Waals surface area contributed by atoms with Gasteiger partial charge in [-0.25, -0.2) is 4.39 Å². The van der Waals surface area contributed by atoms with Crippen molar-refractivity contribution in [2.45, 2.75) is 31.8 Å². The Hall–Kier alpha value is -2.88. The fourth-order valence-corrected chi connectivity index (χ4v) is 1.95. The number of nitrogens with two attached hydrogens (primary N) is 1. The minimum absolute atomic E-state index is 0.0698. The first-order valence-corrected chi connectivity index (χ1v) is 6.88. The normalized spacial score (nSPS) is 12.6. The second-order valence-corrected chi connectivity index (χ2v) is 4.92. The molecule has 0 saturated carbocycles. The van der Waals surface area contributed by atoms with Crippen LogP contribution in [0.1, 0.15) is 18.9 Å². The lowest BCUT2D eigenvalue weighted by Gasteiger charge is -2.20. The second kappa shape index (κ2) is 8.54. The number of amides is 3. The molecule has 1 aromatic carbocycles. The van der Waals surface area contributed by atoms with Crippen molar-refractivity contribution in [3.05, 3.63) is 35.6 Å². The highest BCUT2D eigenvalue weighted by Gasteiger charge is 2.25. The van der Waals surface area contributed by atoms with E-state index < -0.39 is 35.6 Å². The van der Waals surface area contributed by atoms with Crippen LogP contribution in [0.3, 0.4) is 0 Å². The van der Waals surface area contributed by atoms with E-state index >= 15 is 0 Å². The number of terminal acetylenes is 1. The van der Waals surface area contributed by atoms with Gasteiger partial charge in [-0.2, -0.15) is 0 Å². The zero-order chi connectivity index (χ0) is 17.4. The maximum atomic E-state index is 13.7. The Kier molecular flexibility index (Phi) is 6.74. The van der Waals surface area contributed by atoms with Gasteiger partial charge >= 0.3 is 0 Å². The summed E-state index contributed by atoms with van der Waals surface area (Å²) < 4.78 is 13.7. The Bertz CT molecular complexity index is 640. The third kappa shape index (κ3) is 5.79. The summed E-state index contributed by atoms with van der Waals surface area (Å²) in [5.41, 5.74) is 5.41. The summed E-state index contributed by atoms with van der Waals surface area (Å²) in [6.45, 7) is 1.23. The molecule has 6 nitrogen and oxygen atoms in total. The van der Waals surface area contributed by atoms with Gasteiger partial charge in [0, 0.05) is 19.8 Å². The topological polar surface area (TPSA) is 101 Å². The molecule has 2 atom stereocenters. The van der Waals surface area contributed by atoms with Crippen LogP contribution >= 0.6 is 0 Å². The van der Waals surface area contributed by atoms with Crippen molar-refractivity contribution >= 4 is 17.7 Å². The molecule has 7 heteroatoms. The van der Waals surface area contributed by atoms with E-state index in [2.05, 4.69) is 16.6 Å². The van der Waals surface area contributed by atoms with Crippen molar-refractivity contribution in [2.75, 3.05) is 0 Å². The first-order chi connectivity index (χ1) is 10.8. The van der Waals surface area contributed by atoms with Crippen LogP contribution in [0.15, 0.2) is 24.3 Å². The number of halogens is 1. The maximum Gasteiger partial charge on any atom is 0.243 e. The molecule has 0 aromatic heterocycles.